The van der Waals surface area contributed by atoms with Crippen LogP contribution in [0.5, 0.6) is 0 Å². The molecule has 2 atom stereocenters. The van der Waals surface area contributed by atoms with Crippen molar-refractivity contribution in [3.8, 4) is 0 Å². The summed E-state index contributed by atoms with van der Waals surface area (Å²) in [5.74, 6) is 0.680. The molecule has 0 aromatic carbocycles. The minimum atomic E-state index is -2.36. The van der Waals surface area contributed by atoms with Crippen molar-refractivity contribution < 1.29 is 13.5 Å². The number of halogens is 2. The third-order valence-corrected chi connectivity index (χ3v) is 2.82. The van der Waals surface area contributed by atoms with Crippen molar-refractivity contribution in [1.82, 2.24) is 5.32 Å². The summed E-state index contributed by atoms with van der Waals surface area (Å²) in [6.07, 6.45) is 1.97. The maximum atomic E-state index is 11.9. The molecule has 2 nitrogen and oxygen atoms in total. The Balaban J connectivity index is 3.73. The molecule has 104 valence electrons. The first-order valence-electron chi connectivity index (χ1n) is 6.69. The first-order valence-corrected chi connectivity index (χ1v) is 6.69. The summed E-state index contributed by atoms with van der Waals surface area (Å²) in [7, 11) is 0. The van der Waals surface area contributed by atoms with E-state index in [4.69, 9.17) is 4.74 Å². The highest BCUT2D eigenvalue weighted by Gasteiger charge is 2.12. The molecule has 2 unspecified atom stereocenters. The Bertz CT molecular complexity index is 167. The maximum absolute atomic E-state index is 11.9. The van der Waals surface area contributed by atoms with E-state index in [1.54, 1.807) is 0 Å². The van der Waals surface area contributed by atoms with Crippen LogP contribution in [0.25, 0.3) is 0 Å². The van der Waals surface area contributed by atoms with Crippen LogP contribution in [0.4, 0.5) is 8.78 Å². The first-order chi connectivity index (χ1) is 8.10. The molecular formula is C13H27F2NO. The molecule has 17 heavy (non-hydrogen) atoms. The normalized spacial score (nSPS) is 15.2. The van der Waals surface area contributed by atoms with Gasteiger partial charge in [0.25, 0.3) is 6.43 Å². The van der Waals surface area contributed by atoms with Crippen LogP contribution < -0.4 is 5.32 Å². The van der Waals surface area contributed by atoms with Crippen LogP contribution in [0.15, 0.2) is 0 Å². The monoisotopic (exact) mass is 251 g/mol. The zero-order chi connectivity index (χ0) is 13.1. The van der Waals surface area contributed by atoms with Gasteiger partial charge in [-0.3, -0.25) is 0 Å². The van der Waals surface area contributed by atoms with Crippen molar-refractivity contribution in [3.05, 3.63) is 0 Å². The Morgan fingerprint density at radius 3 is 2.41 bits per heavy atom. The van der Waals surface area contributed by atoms with Gasteiger partial charge in [0.1, 0.15) is 6.61 Å². The molecule has 0 amide bonds. The van der Waals surface area contributed by atoms with Crippen LogP contribution in [0.1, 0.15) is 46.5 Å². The number of hydrogen-bond donors (Lipinski definition) is 1. The molecule has 0 aromatic heterocycles. The van der Waals surface area contributed by atoms with E-state index in [-0.39, 0.29) is 0 Å². The van der Waals surface area contributed by atoms with Crippen LogP contribution in [0.3, 0.4) is 0 Å². The van der Waals surface area contributed by atoms with Gasteiger partial charge in [-0.25, -0.2) is 8.78 Å². The average Bonchev–Trinajstić information content (AvgIpc) is 2.24. The molecular weight excluding hydrogens is 224 g/mol. The minimum Gasteiger partial charge on any atom is -0.375 e. The van der Waals surface area contributed by atoms with Crippen molar-refractivity contribution in [1.29, 1.82) is 0 Å². The SMILES string of the molecule is CCCC(C)CC(CCOCC(F)F)NCC. The van der Waals surface area contributed by atoms with Gasteiger partial charge in [0.15, 0.2) is 0 Å². The molecule has 0 bridgehead atoms. The molecule has 0 aliphatic rings. The van der Waals surface area contributed by atoms with Crippen LogP contribution in [0.2, 0.25) is 0 Å². The van der Waals surface area contributed by atoms with Gasteiger partial charge in [-0.1, -0.05) is 33.6 Å². The molecule has 0 spiro atoms. The lowest BCUT2D eigenvalue weighted by molar-refractivity contribution is 0.0138. The molecule has 0 aliphatic heterocycles. The topological polar surface area (TPSA) is 21.3 Å². The summed E-state index contributed by atoms with van der Waals surface area (Å²) in [5, 5.41) is 3.39. The molecule has 0 aliphatic carbocycles. The Morgan fingerprint density at radius 1 is 1.18 bits per heavy atom. The molecule has 0 radical (unpaired) electrons. The zero-order valence-corrected chi connectivity index (χ0v) is 11.3. The van der Waals surface area contributed by atoms with Crippen molar-refractivity contribution in [2.24, 2.45) is 5.92 Å². The number of alkyl halides is 2. The molecule has 0 fully saturated rings. The third kappa shape index (κ3) is 10.6. The van der Waals surface area contributed by atoms with Crippen LogP contribution >= 0.6 is 0 Å². The van der Waals surface area contributed by atoms with Crippen LogP contribution in [0, 0.1) is 5.92 Å². The molecule has 0 saturated carbocycles. The van der Waals surface area contributed by atoms with Gasteiger partial charge in [0, 0.05) is 12.6 Å². The largest absolute Gasteiger partial charge is 0.375 e. The van der Waals surface area contributed by atoms with Gasteiger partial charge in [0.2, 0.25) is 0 Å². The van der Waals surface area contributed by atoms with Crippen molar-refractivity contribution in [2.45, 2.75) is 58.9 Å². The molecule has 4 heteroatoms. The van der Waals surface area contributed by atoms with E-state index in [0.717, 1.165) is 19.4 Å². The van der Waals surface area contributed by atoms with Crippen molar-refractivity contribution in [3.63, 3.8) is 0 Å². The Morgan fingerprint density at radius 2 is 1.88 bits per heavy atom. The predicted octanol–water partition coefficient (Wildman–Crippen LogP) is 3.46. The summed E-state index contributed by atoms with van der Waals surface area (Å²) in [5.41, 5.74) is 0. The first kappa shape index (κ1) is 16.8. The lowest BCUT2D eigenvalue weighted by atomic mass is 9.96. The number of ether oxygens (including phenoxy) is 1. The Labute approximate surface area is 104 Å². The minimum absolute atomic E-state index is 0.388. The second-order valence-corrected chi connectivity index (χ2v) is 4.64. The van der Waals surface area contributed by atoms with Gasteiger partial charge in [-0.2, -0.15) is 0 Å². The molecule has 1 N–H and O–H groups in total. The van der Waals surface area contributed by atoms with Gasteiger partial charge in [-0.05, 0) is 25.3 Å². The lowest BCUT2D eigenvalue weighted by Gasteiger charge is -2.21. The molecule has 0 saturated heterocycles. The van der Waals surface area contributed by atoms with Gasteiger partial charge in [0.05, 0.1) is 0 Å². The highest BCUT2D eigenvalue weighted by atomic mass is 19.3. The van der Waals surface area contributed by atoms with Crippen molar-refractivity contribution in [2.75, 3.05) is 19.8 Å². The summed E-state index contributed by atoms with van der Waals surface area (Å²) < 4.78 is 28.7. The van der Waals surface area contributed by atoms with Gasteiger partial charge in [-0.15, -0.1) is 0 Å². The fourth-order valence-electron chi connectivity index (χ4n) is 2.09. The van der Waals surface area contributed by atoms with E-state index in [1.165, 1.54) is 12.8 Å². The number of nitrogens with one attached hydrogen (secondary N) is 1. The zero-order valence-electron chi connectivity index (χ0n) is 11.3. The van der Waals surface area contributed by atoms with Crippen LogP contribution in [-0.4, -0.2) is 32.2 Å². The quantitative estimate of drug-likeness (QED) is 0.568. The summed E-state index contributed by atoms with van der Waals surface area (Å²) in [6.45, 7) is 7.39. The Hall–Kier alpha value is -0.220. The summed E-state index contributed by atoms with van der Waals surface area (Å²) in [4.78, 5) is 0. The van der Waals surface area contributed by atoms with E-state index in [9.17, 15) is 8.78 Å². The fourth-order valence-corrected chi connectivity index (χ4v) is 2.09. The highest BCUT2D eigenvalue weighted by molar-refractivity contribution is 4.69. The maximum Gasteiger partial charge on any atom is 0.261 e. The second-order valence-electron chi connectivity index (χ2n) is 4.64. The fraction of sp³-hybridized carbons (Fsp3) is 1.00. The van der Waals surface area contributed by atoms with Crippen molar-refractivity contribution >= 4 is 0 Å². The van der Waals surface area contributed by atoms with Crippen LogP contribution in [-0.2, 0) is 4.74 Å². The van der Waals surface area contributed by atoms with E-state index in [0.29, 0.717) is 18.6 Å². The summed E-state index contributed by atoms with van der Waals surface area (Å²) >= 11 is 0. The average molecular weight is 251 g/mol. The standard InChI is InChI=1S/C13H27F2NO/c1-4-6-11(3)9-12(16-5-2)7-8-17-10-13(14)15/h11-13,16H,4-10H2,1-3H3. The smallest absolute Gasteiger partial charge is 0.261 e. The van der Waals surface area contributed by atoms with Gasteiger partial charge < -0.3 is 10.1 Å². The lowest BCUT2D eigenvalue weighted by Crippen LogP contribution is -2.32. The molecule has 0 heterocycles. The third-order valence-electron chi connectivity index (χ3n) is 2.82. The van der Waals surface area contributed by atoms with E-state index in [2.05, 4.69) is 26.1 Å². The van der Waals surface area contributed by atoms with E-state index in [1.807, 2.05) is 0 Å². The molecule has 0 aromatic rings. The second kappa shape index (κ2) is 10.9. The van der Waals surface area contributed by atoms with Gasteiger partial charge >= 0.3 is 0 Å². The predicted molar refractivity (Wildman–Crippen MR) is 67.6 cm³/mol. The van der Waals surface area contributed by atoms with E-state index < -0.39 is 13.0 Å². The Kier molecular flexibility index (Phi) is 10.8. The number of hydrogen-bond acceptors (Lipinski definition) is 2. The summed E-state index contributed by atoms with van der Waals surface area (Å²) in [6, 6.07) is 0.388. The molecule has 0 rings (SSSR count). The number of rotatable bonds is 11. The van der Waals surface area contributed by atoms with E-state index >= 15 is 0 Å². The highest BCUT2D eigenvalue weighted by Crippen LogP contribution is 2.14.